The second-order valence-electron chi connectivity index (χ2n) is 14.0. The van der Waals surface area contributed by atoms with Crippen molar-refractivity contribution in [3.05, 3.63) is 100 Å². The van der Waals surface area contributed by atoms with Gasteiger partial charge in [0.2, 0.25) is 0 Å². The summed E-state index contributed by atoms with van der Waals surface area (Å²) in [7, 11) is 0. The van der Waals surface area contributed by atoms with Crippen molar-refractivity contribution in [3.63, 3.8) is 0 Å². The number of aryl methyl sites for hydroxylation is 1. The summed E-state index contributed by atoms with van der Waals surface area (Å²) in [5, 5.41) is 12.4. The minimum absolute atomic E-state index is 0.0820. The van der Waals surface area contributed by atoms with Gasteiger partial charge in [0, 0.05) is 36.4 Å². The number of likely N-dealkylation sites (N-methyl/N-ethyl adjacent to an activating group) is 1. The standard InChI is InChI=1S/C41H51N3O4/c1-6-44(22-23-45)31-18-19-36(28(2)25-31)43-37-27-35(39(46)33-16-10-9-15-32(33)37)40(47)42-21-11-12-24-48-38-20-17-30(41(3,4)5)26-34(38)29-13-7-8-14-29/h9-10,15-20,25-27,29,45H,6-8,11-14,21-24H2,1-5H3,(H,42,47). The first-order chi connectivity index (χ1) is 23.1. The van der Waals surface area contributed by atoms with Crippen molar-refractivity contribution in [2.24, 2.45) is 4.99 Å². The Morgan fingerprint density at radius 2 is 1.77 bits per heavy atom. The molecule has 254 valence electrons. The van der Waals surface area contributed by atoms with E-state index in [1.807, 2.05) is 37.3 Å². The molecule has 0 saturated heterocycles. The molecule has 1 amide bonds. The van der Waals surface area contributed by atoms with Crippen LogP contribution in [0.5, 0.6) is 5.75 Å². The van der Waals surface area contributed by atoms with Crippen molar-refractivity contribution >= 4 is 28.8 Å². The Hall–Kier alpha value is -4.23. The Morgan fingerprint density at radius 3 is 2.46 bits per heavy atom. The van der Waals surface area contributed by atoms with E-state index in [1.165, 1.54) is 36.8 Å². The second kappa shape index (κ2) is 15.8. The lowest BCUT2D eigenvalue weighted by molar-refractivity contribution is -0.117. The van der Waals surface area contributed by atoms with Gasteiger partial charge in [-0.3, -0.25) is 9.59 Å². The maximum Gasteiger partial charge on any atom is 0.255 e. The van der Waals surface area contributed by atoms with Gasteiger partial charge in [-0.1, -0.05) is 70.0 Å². The zero-order chi connectivity index (χ0) is 34.3. The van der Waals surface area contributed by atoms with Gasteiger partial charge < -0.3 is 20.1 Å². The topological polar surface area (TPSA) is 91.2 Å². The van der Waals surface area contributed by atoms with E-state index in [2.05, 4.69) is 62.2 Å². The number of fused-ring (bicyclic) bond motifs is 1. The van der Waals surface area contributed by atoms with E-state index < -0.39 is 0 Å². The molecule has 3 aromatic rings. The number of hydrogen-bond donors (Lipinski definition) is 2. The first kappa shape index (κ1) is 35.1. The van der Waals surface area contributed by atoms with Crippen LogP contribution in [0.2, 0.25) is 0 Å². The average molecular weight is 650 g/mol. The number of ether oxygens (including phenoxy) is 1. The Kier molecular flexibility index (Phi) is 11.5. The van der Waals surface area contributed by atoms with E-state index in [-0.39, 0.29) is 29.3 Å². The normalized spacial score (nSPS) is 15.8. The van der Waals surface area contributed by atoms with Gasteiger partial charge in [-0.2, -0.15) is 0 Å². The minimum atomic E-state index is -0.390. The Bertz CT molecular complexity index is 1680. The van der Waals surface area contributed by atoms with E-state index in [0.717, 1.165) is 42.1 Å². The molecule has 0 heterocycles. The number of anilines is 1. The average Bonchev–Trinajstić information content (AvgIpc) is 3.62. The number of amides is 1. The van der Waals surface area contributed by atoms with Crippen molar-refractivity contribution in [2.75, 3.05) is 37.7 Å². The molecule has 0 atom stereocenters. The van der Waals surface area contributed by atoms with Gasteiger partial charge in [0.05, 0.1) is 30.2 Å². The molecule has 0 unspecified atom stereocenters. The van der Waals surface area contributed by atoms with Crippen LogP contribution in [-0.2, 0) is 10.2 Å². The fourth-order valence-corrected chi connectivity index (χ4v) is 6.68. The lowest BCUT2D eigenvalue weighted by Crippen LogP contribution is -2.32. The number of benzene rings is 3. The van der Waals surface area contributed by atoms with Crippen LogP contribution in [0.3, 0.4) is 0 Å². The maximum absolute atomic E-state index is 13.4. The highest BCUT2D eigenvalue weighted by atomic mass is 16.5. The SMILES string of the molecule is CCN(CCO)c1ccc(N=C2C=C(C(=O)NCCCCOc3ccc(C(C)(C)C)cc3C3CCCC3)C(=O)c3ccccc32)c(C)c1. The molecule has 5 rings (SSSR count). The third-order valence-corrected chi connectivity index (χ3v) is 9.54. The van der Waals surface area contributed by atoms with Crippen LogP contribution in [0.25, 0.3) is 0 Å². The molecule has 7 nitrogen and oxygen atoms in total. The highest BCUT2D eigenvalue weighted by Crippen LogP contribution is 2.41. The summed E-state index contributed by atoms with van der Waals surface area (Å²) in [6, 6.07) is 20.0. The smallest absolute Gasteiger partial charge is 0.255 e. The first-order valence-electron chi connectivity index (χ1n) is 17.6. The highest BCUT2D eigenvalue weighted by Gasteiger charge is 2.29. The van der Waals surface area contributed by atoms with E-state index in [0.29, 0.717) is 42.5 Å². The summed E-state index contributed by atoms with van der Waals surface area (Å²) in [6.45, 7) is 13.2. The third-order valence-electron chi connectivity index (χ3n) is 9.54. The van der Waals surface area contributed by atoms with E-state index in [1.54, 1.807) is 12.1 Å². The molecule has 7 heteroatoms. The number of aliphatic imine (C=N–C) groups is 1. The van der Waals surface area contributed by atoms with Gasteiger partial charge in [-0.15, -0.1) is 0 Å². The van der Waals surface area contributed by atoms with Gasteiger partial charge in [0.25, 0.3) is 5.91 Å². The summed E-state index contributed by atoms with van der Waals surface area (Å²) < 4.78 is 6.31. The van der Waals surface area contributed by atoms with E-state index in [4.69, 9.17) is 9.73 Å². The van der Waals surface area contributed by atoms with Gasteiger partial charge in [-0.25, -0.2) is 4.99 Å². The van der Waals surface area contributed by atoms with Crippen LogP contribution in [-0.4, -0.2) is 55.4 Å². The highest BCUT2D eigenvalue weighted by molar-refractivity contribution is 6.35. The van der Waals surface area contributed by atoms with E-state index in [9.17, 15) is 14.7 Å². The lowest BCUT2D eigenvalue weighted by atomic mass is 9.84. The van der Waals surface area contributed by atoms with Gasteiger partial charge >= 0.3 is 0 Å². The number of Topliss-reactive ketones (excluding diaryl/α,β-unsaturated/α-hetero) is 1. The molecule has 1 fully saturated rings. The zero-order valence-corrected chi connectivity index (χ0v) is 29.3. The second-order valence-corrected chi connectivity index (χ2v) is 14.0. The number of rotatable bonds is 13. The third kappa shape index (κ3) is 8.24. The van der Waals surface area contributed by atoms with Crippen LogP contribution in [0.15, 0.2) is 77.3 Å². The fraction of sp³-hybridized carbons (Fsp3) is 0.439. The molecule has 0 aromatic heterocycles. The summed E-state index contributed by atoms with van der Waals surface area (Å²) in [4.78, 5) is 33.8. The molecule has 2 aliphatic carbocycles. The molecule has 0 radical (unpaired) electrons. The monoisotopic (exact) mass is 649 g/mol. The van der Waals surface area contributed by atoms with E-state index >= 15 is 0 Å². The van der Waals surface area contributed by atoms with Crippen LogP contribution in [0.1, 0.15) is 105 Å². The van der Waals surface area contributed by atoms with Crippen LogP contribution < -0.4 is 15.0 Å². The minimum Gasteiger partial charge on any atom is -0.493 e. The molecule has 2 aliphatic rings. The molecular formula is C41H51N3O4. The molecule has 3 aromatic carbocycles. The Labute approximate surface area is 286 Å². The van der Waals surface area contributed by atoms with Crippen LogP contribution in [0.4, 0.5) is 11.4 Å². The largest absolute Gasteiger partial charge is 0.493 e. The van der Waals surface area contributed by atoms with Gasteiger partial charge in [0.15, 0.2) is 5.78 Å². The number of unbranched alkanes of at least 4 members (excludes halogenated alkanes) is 1. The number of nitrogens with one attached hydrogen (secondary N) is 1. The molecule has 1 saturated carbocycles. The Morgan fingerprint density at radius 1 is 1.02 bits per heavy atom. The number of carbonyl (C=O) groups is 2. The molecule has 48 heavy (non-hydrogen) atoms. The van der Waals surface area contributed by atoms with Crippen molar-refractivity contribution in [1.29, 1.82) is 0 Å². The van der Waals surface area contributed by atoms with Crippen molar-refractivity contribution < 1.29 is 19.4 Å². The number of aliphatic hydroxyl groups excluding tert-OH is 1. The number of nitrogens with zero attached hydrogens (tertiary/aromatic N) is 2. The number of hydrogen-bond acceptors (Lipinski definition) is 6. The number of ketones is 1. The summed E-state index contributed by atoms with van der Waals surface area (Å²) in [6.07, 6.45) is 8.13. The van der Waals surface area contributed by atoms with Crippen LogP contribution in [0, 0.1) is 6.92 Å². The van der Waals surface area contributed by atoms with Gasteiger partial charge in [0.1, 0.15) is 5.75 Å². The summed E-state index contributed by atoms with van der Waals surface area (Å²) in [5.41, 5.74) is 7.38. The maximum atomic E-state index is 13.4. The zero-order valence-electron chi connectivity index (χ0n) is 29.3. The molecule has 2 N–H and O–H groups in total. The summed E-state index contributed by atoms with van der Waals surface area (Å²) >= 11 is 0. The molecule has 0 aliphatic heterocycles. The van der Waals surface area contributed by atoms with Gasteiger partial charge in [-0.05, 0) is 97.9 Å². The fourth-order valence-electron chi connectivity index (χ4n) is 6.68. The first-order valence-corrected chi connectivity index (χ1v) is 17.6. The molecule has 0 bridgehead atoms. The van der Waals surface area contributed by atoms with Crippen molar-refractivity contribution in [1.82, 2.24) is 5.32 Å². The quantitative estimate of drug-likeness (QED) is 0.145. The van der Waals surface area contributed by atoms with Crippen LogP contribution >= 0.6 is 0 Å². The Balaban J connectivity index is 1.23. The molecule has 0 spiro atoms. The number of aliphatic hydroxyl groups is 1. The van der Waals surface area contributed by atoms with Crippen molar-refractivity contribution in [3.8, 4) is 5.75 Å². The van der Waals surface area contributed by atoms with Crippen molar-refractivity contribution in [2.45, 2.75) is 84.5 Å². The number of allylic oxidation sites excluding steroid dienone is 1. The predicted molar refractivity (Wildman–Crippen MR) is 195 cm³/mol. The molecular weight excluding hydrogens is 598 g/mol. The lowest BCUT2D eigenvalue weighted by Gasteiger charge is -2.23. The number of carbonyl (C=O) groups excluding carboxylic acids is 2. The predicted octanol–water partition coefficient (Wildman–Crippen LogP) is 7.99. The summed E-state index contributed by atoms with van der Waals surface area (Å²) in [5.74, 6) is 0.866.